The highest BCUT2D eigenvalue weighted by molar-refractivity contribution is 5.86. The zero-order valence-electron chi connectivity index (χ0n) is 13.1. The van der Waals surface area contributed by atoms with Crippen LogP contribution in [-0.4, -0.2) is 6.04 Å². The van der Waals surface area contributed by atoms with Crippen molar-refractivity contribution in [2.45, 2.75) is 26.3 Å². The molecule has 1 atom stereocenters. The summed E-state index contributed by atoms with van der Waals surface area (Å²) >= 11 is 0. The average Bonchev–Trinajstić information content (AvgIpc) is 2.56. The van der Waals surface area contributed by atoms with E-state index in [1.54, 1.807) is 0 Å². The minimum absolute atomic E-state index is 0.499. The molecule has 3 aromatic carbocycles. The van der Waals surface area contributed by atoms with Gasteiger partial charge in [-0.3, -0.25) is 0 Å². The van der Waals surface area contributed by atoms with Gasteiger partial charge in [-0.15, -0.1) is 0 Å². The topological polar surface area (TPSA) is 24.1 Å². The molecule has 1 unspecified atom stereocenters. The second kappa shape index (κ2) is 6.52. The van der Waals surface area contributed by atoms with E-state index in [2.05, 4.69) is 91.2 Å². The number of hydrogen-bond donors (Lipinski definition) is 2. The first-order valence-electron chi connectivity index (χ1n) is 7.87. The minimum atomic E-state index is 0.499. The van der Waals surface area contributed by atoms with Crippen LogP contribution >= 0.6 is 0 Å². The van der Waals surface area contributed by atoms with Crippen LogP contribution in [-0.2, 0) is 0 Å². The van der Waals surface area contributed by atoms with Crippen molar-refractivity contribution in [1.82, 2.24) is 0 Å². The Kier molecular flexibility index (Phi) is 4.29. The summed E-state index contributed by atoms with van der Waals surface area (Å²) in [6.45, 7) is 4.38. The molecule has 2 nitrogen and oxygen atoms in total. The van der Waals surface area contributed by atoms with Crippen LogP contribution in [0.5, 0.6) is 0 Å². The molecule has 112 valence electrons. The van der Waals surface area contributed by atoms with E-state index >= 15 is 0 Å². The minimum Gasteiger partial charge on any atom is -0.383 e. The third-order valence-electron chi connectivity index (χ3n) is 3.95. The largest absolute Gasteiger partial charge is 0.383 e. The Bertz CT molecular complexity index is 747. The Morgan fingerprint density at radius 2 is 1.41 bits per heavy atom. The Balaban J connectivity index is 1.74. The van der Waals surface area contributed by atoms with Gasteiger partial charge in [0.2, 0.25) is 0 Å². The molecule has 0 aromatic heterocycles. The first kappa shape index (κ1) is 14.5. The molecular weight excluding hydrogens is 268 g/mol. The number of hydrogen-bond acceptors (Lipinski definition) is 2. The van der Waals surface area contributed by atoms with Crippen LogP contribution < -0.4 is 10.6 Å². The second-order valence-electron chi connectivity index (χ2n) is 5.72. The Morgan fingerprint density at radius 3 is 2.14 bits per heavy atom. The molecule has 0 aliphatic rings. The van der Waals surface area contributed by atoms with Crippen LogP contribution in [0.25, 0.3) is 10.8 Å². The van der Waals surface area contributed by atoms with Gasteiger partial charge in [-0.05, 0) is 60.5 Å². The maximum atomic E-state index is 3.48. The summed E-state index contributed by atoms with van der Waals surface area (Å²) in [6, 6.07) is 23.8. The summed E-state index contributed by atoms with van der Waals surface area (Å²) in [4.78, 5) is 0. The third kappa shape index (κ3) is 3.40. The van der Waals surface area contributed by atoms with Gasteiger partial charge >= 0.3 is 0 Å². The van der Waals surface area contributed by atoms with Crippen LogP contribution in [0.15, 0.2) is 66.7 Å². The van der Waals surface area contributed by atoms with Gasteiger partial charge in [0.25, 0.3) is 0 Å². The van der Waals surface area contributed by atoms with Gasteiger partial charge in [-0.25, -0.2) is 0 Å². The van der Waals surface area contributed by atoms with Crippen molar-refractivity contribution in [3.63, 3.8) is 0 Å². The monoisotopic (exact) mass is 290 g/mol. The van der Waals surface area contributed by atoms with Crippen LogP contribution in [0.2, 0.25) is 0 Å². The van der Waals surface area contributed by atoms with E-state index in [-0.39, 0.29) is 0 Å². The zero-order chi connectivity index (χ0) is 15.4. The quantitative estimate of drug-likeness (QED) is 0.621. The molecular formula is C20H22N2. The summed E-state index contributed by atoms with van der Waals surface area (Å²) in [5.41, 5.74) is 3.38. The molecule has 0 aliphatic heterocycles. The molecule has 3 rings (SSSR count). The fraction of sp³-hybridized carbons (Fsp3) is 0.200. The van der Waals surface area contributed by atoms with Gasteiger partial charge in [0.05, 0.1) is 0 Å². The molecule has 2 N–H and O–H groups in total. The molecule has 2 heteroatoms. The van der Waals surface area contributed by atoms with Crippen molar-refractivity contribution in [2.75, 3.05) is 10.6 Å². The molecule has 0 amide bonds. The lowest BCUT2D eigenvalue weighted by Crippen LogP contribution is -2.13. The molecule has 0 radical (unpaired) electrons. The number of benzene rings is 3. The van der Waals surface area contributed by atoms with Crippen molar-refractivity contribution >= 4 is 27.8 Å². The number of rotatable bonds is 5. The maximum Gasteiger partial charge on any atom is 0.0390 e. The molecule has 3 aromatic rings. The summed E-state index contributed by atoms with van der Waals surface area (Å²) < 4.78 is 0. The summed E-state index contributed by atoms with van der Waals surface area (Å²) in [6.07, 6.45) is 1.12. The standard InChI is InChI=1S/C20H22N2/c1-3-15(2)21-18-10-12-19(13-11-18)22-20-9-8-16-6-4-5-7-17(16)14-20/h4-15,21-22H,3H2,1-2H3. The molecule has 0 bridgehead atoms. The lowest BCUT2D eigenvalue weighted by Gasteiger charge is -2.14. The van der Waals surface area contributed by atoms with Crippen molar-refractivity contribution in [2.24, 2.45) is 0 Å². The van der Waals surface area contributed by atoms with Gasteiger partial charge < -0.3 is 10.6 Å². The van der Waals surface area contributed by atoms with E-state index < -0.39 is 0 Å². The first-order chi connectivity index (χ1) is 10.7. The van der Waals surface area contributed by atoms with Crippen LogP contribution in [0.4, 0.5) is 17.1 Å². The average molecular weight is 290 g/mol. The van der Waals surface area contributed by atoms with E-state index in [4.69, 9.17) is 0 Å². The number of anilines is 3. The predicted molar refractivity (Wildman–Crippen MR) is 97.0 cm³/mol. The lowest BCUT2D eigenvalue weighted by molar-refractivity contribution is 0.764. The first-order valence-corrected chi connectivity index (χ1v) is 7.87. The zero-order valence-corrected chi connectivity index (χ0v) is 13.1. The van der Waals surface area contributed by atoms with E-state index in [1.807, 2.05) is 0 Å². The van der Waals surface area contributed by atoms with Crippen molar-refractivity contribution < 1.29 is 0 Å². The normalized spacial score (nSPS) is 12.1. The maximum absolute atomic E-state index is 3.48. The van der Waals surface area contributed by atoms with Gasteiger partial charge in [0.1, 0.15) is 0 Å². The molecule has 0 heterocycles. The van der Waals surface area contributed by atoms with E-state index in [9.17, 15) is 0 Å². The lowest BCUT2D eigenvalue weighted by atomic mass is 10.1. The molecule has 0 aliphatic carbocycles. The Labute approximate surface area is 132 Å². The van der Waals surface area contributed by atoms with Gasteiger partial charge in [-0.2, -0.15) is 0 Å². The summed E-state index contributed by atoms with van der Waals surface area (Å²) in [5.74, 6) is 0. The third-order valence-corrected chi connectivity index (χ3v) is 3.95. The highest BCUT2D eigenvalue weighted by atomic mass is 14.9. The molecule has 0 saturated heterocycles. The Hall–Kier alpha value is -2.48. The second-order valence-corrected chi connectivity index (χ2v) is 5.72. The van der Waals surface area contributed by atoms with Crippen LogP contribution in [0.3, 0.4) is 0 Å². The van der Waals surface area contributed by atoms with E-state index in [0.29, 0.717) is 6.04 Å². The highest BCUT2D eigenvalue weighted by Gasteiger charge is 2.00. The van der Waals surface area contributed by atoms with Crippen molar-refractivity contribution in [3.05, 3.63) is 66.7 Å². The number of fused-ring (bicyclic) bond motifs is 1. The molecule has 22 heavy (non-hydrogen) atoms. The van der Waals surface area contributed by atoms with Gasteiger partial charge in [-0.1, -0.05) is 37.3 Å². The van der Waals surface area contributed by atoms with Gasteiger partial charge in [0, 0.05) is 23.1 Å². The van der Waals surface area contributed by atoms with Gasteiger partial charge in [0.15, 0.2) is 0 Å². The fourth-order valence-corrected chi connectivity index (χ4v) is 2.47. The Morgan fingerprint density at radius 1 is 0.773 bits per heavy atom. The smallest absolute Gasteiger partial charge is 0.0390 e. The van der Waals surface area contributed by atoms with E-state index in [1.165, 1.54) is 16.5 Å². The summed E-state index contributed by atoms with van der Waals surface area (Å²) in [7, 11) is 0. The van der Waals surface area contributed by atoms with E-state index in [0.717, 1.165) is 17.8 Å². The fourth-order valence-electron chi connectivity index (χ4n) is 2.47. The van der Waals surface area contributed by atoms with Crippen LogP contribution in [0, 0.1) is 0 Å². The van der Waals surface area contributed by atoms with Crippen molar-refractivity contribution in [1.29, 1.82) is 0 Å². The molecule has 0 spiro atoms. The number of nitrogens with one attached hydrogen (secondary N) is 2. The highest BCUT2D eigenvalue weighted by Crippen LogP contribution is 2.23. The molecule has 0 fully saturated rings. The SMILES string of the molecule is CCC(C)Nc1ccc(Nc2ccc3ccccc3c2)cc1. The summed E-state index contributed by atoms with van der Waals surface area (Å²) in [5, 5.41) is 9.46. The molecule has 0 saturated carbocycles. The predicted octanol–water partition coefficient (Wildman–Crippen LogP) is 5.79. The van der Waals surface area contributed by atoms with Crippen LogP contribution in [0.1, 0.15) is 20.3 Å². The van der Waals surface area contributed by atoms with Crippen molar-refractivity contribution in [3.8, 4) is 0 Å².